The van der Waals surface area contributed by atoms with Gasteiger partial charge < -0.3 is 10.2 Å². The molecule has 2 nitrogen and oxygen atoms in total. The lowest BCUT2D eigenvalue weighted by Gasteiger charge is -2.60. The van der Waals surface area contributed by atoms with Gasteiger partial charge in [0.25, 0.3) is 0 Å². The van der Waals surface area contributed by atoms with Crippen LogP contribution >= 0.6 is 0 Å². The van der Waals surface area contributed by atoms with Crippen LogP contribution in [0.4, 0.5) is 0 Å². The summed E-state index contributed by atoms with van der Waals surface area (Å²) < 4.78 is 0. The molecule has 2 N–H and O–H groups in total. The van der Waals surface area contributed by atoms with Crippen LogP contribution in [0.2, 0.25) is 0 Å². The molecular formula is C19H32O2. The number of hydrogen-bond donors (Lipinski definition) is 2. The molecule has 0 amide bonds. The highest BCUT2D eigenvalue weighted by atomic mass is 16.3. The fourth-order valence-corrected chi connectivity index (χ4v) is 7.21. The molecule has 4 fully saturated rings. The Morgan fingerprint density at radius 2 is 1.48 bits per heavy atom. The first-order valence-corrected chi connectivity index (χ1v) is 9.31. The van der Waals surface area contributed by atoms with E-state index in [1.165, 1.54) is 38.5 Å². The van der Waals surface area contributed by atoms with Crippen molar-refractivity contribution in [2.75, 3.05) is 0 Å². The van der Waals surface area contributed by atoms with Crippen LogP contribution in [0.25, 0.3) is 0 Å². The minimum atomic E-state index is -0.0536. The first-order valence-electron chi connectivity index (χ1n) is 9.31. The fourth-order valence-electron chi connectivity index (χ4n) is 7.21. The van der Waals surface area contributed by atoms with E-state index in [-0.39, 0.29) is 17.6 Å². The molecule has 4 saturated carbocycles. The van der Waals surface area contributed by atoms with Gasteiger partial charge in [-0.2, -0.15) is 0 Å². The van der Waals surface area contributed by atoms with E-state index in [1.807, 2.05) is 0 Å². The summed E-state index contributed by atoms with van der Waals surface area (Å²) in [5.41, 5.74) is 0.676. The number of fused-ring (bicyclic) bond motifs is 5. The van der Waals surface area contributed by atoms with Gasteiger partial charge in [-0.3, -0.25) is 0 Å². The predicted octanol–water partition coefficient (Wildman–Crippen LogP) is 3.75. The Bertz CT molecular complexity index is 422. The third-order valence-electron chi connectivity index (χ3n) is 8.59. The van der Waals surface area contributed by atoms with Crippen molar-refractivity contribution in [2.24, 2.45) is 34.5 Å². The number of aliphatic hydroxyl groups excluding tert-OH is 2. The summed E-state index contributed by atoms with van der Waals surface area (Å²) in [6.07, 6.45) is 10.7. The van der Waals surface area contributed by atoms with Gasteiger partial charge in [0.15, 0.2) is 0 Å². The maximum Gasteiger partial charge on any atom is 0.0596 e. The predicted molar refractivity (Wildman–Crippen MR) is 83.7 cm³/mol. The Hall–Kier alpha value is -0.0800. The molecule has 8 atom stereocenters. The molecule has 0 radical (unpaired) electrons. The third-order valence-corrected chi connectivity index (χ3v) is 8.59. The van der Waals surface area contributed by atoms with Gasteiger partial charge in [0.05, 0.1) is 12.2 Å². The third kappa shape index (κ3) is 1.91. The molecule has 0 heterocycles. The SMILES string of the molecule is C[C@@]12CC[C@H]3[C@@H](CC[C@H]4C[C@@H](O)CC[C@]43C)[C@H]1CC[C@@H]2O. The van der Waals surface area contributed by atoms with Crippen molar-refractivity contribution >= 4 is 0 Å². The van der Waals surface area contributed by atoms with Gasteiger partial charge >= 0.3 is 0 Å². The second kappa shape index (κ2) is 4.71. The van der Waals surface area contributed by atoms with Gasteiger partial charge in [0.1, 0.15) is 0 Å². The smallest absolute Gasteiger partial charge is 0.0596 e. The van der Waals surface area contributed by atoms with Gasteiger partial charge in [0.2, 0.25) is 0 Å². The normalized spacial score (nSPS) is 60.0. The van der Waals surface area contributed by atoms with E-state index in [9.17, 15) is 10.2 Å². The van der Waals surface area contributed by atoms with Crippen molar-refractivity contribution in [3.05, 3.63) is 0 Å². The topological polar surface area (TPSA) is 40.5 Å². The van der Waals surface area contributed by atoms with Gasteiger partial charge in [0, 0.05) is 0 Å². The van der Waals surface area contributed by atoms with Gasteiger partial charge in [-0.25, -0.2) is 0 Å². The lowest BCUT2D eigenvalue weighted by Crippen LogP contribution is -2.54. The van der Waals surface area contributed by atoms with E-state index in [4.69, 9.17) is 0 Å². The van der Waals surface area contributed by atoms with Crippen molar-refractivity contribution in [3.63, 3.8) is 0 Å². The summed E-state index contributed by atoms with van der Waals surface area (Å²) in [7, 11) is 0. The lowest BCUT2D eigenvalue weighted by molar-refractivity contribution is -0.133. The van der Waals surface area contributed by atoms with Crippen LogP contribution in [0.1, 0.15) is 71.6 Å². The lowest BCUT2D eigenvalue weighted by atomic mass is 9.45. The molecule has 4 rings (SSSR count). The van der Waals surface area contributed by atoms with E-state index in [2.05, 4.69) is 13.8 Å². The maximum absolute atomic E-state index is 10.5. The van der Waals surface area contributed by atoms with Crippen molar-refractivity contribution < 1.29 is 10.2 Å². The summed E-state index contributed by atoms with van der Waals surface area (Å²) in [5, 5.41) is 20.5. The minimum absolute atomic E-state index is 0.0400. The van der Waals surface area contributed by atoms with E-state index >= 15 is 0 Å². The molecule has 0 spiro atoms. The summed E-state index contributed by atoms with van der Waals surface area (Å²) in [6.45, 7) is 4.90. The van der Waals surface area contributed by atoms with Crippen LogP contribution in [0.3, 0.4) is 0 Å². The molecule has 0 aliphatic heterocycles. The molecule has 21 heavy (non-hydrogen) atoms. The molecular weight excluding hydrogens is 260 g/mol. The van der Waals surface area contributed by atoms with Gasteiger partial charge in [-0.05, 0) is 92.3 Å². The first-order chi connectivity index (χ1) is 9.95. The second-order valence-electron chi connectivity index (χ2n) is 9.22. The Kier molecular flexibility index (Phi) is 3.25. The van der Waals surface area contributed by atoms with Crippen molar-refractivity contribution in [1.82, 2.24) is 0 Å². The summed E-state index contributed by atoms with van der Waals surface area (Å²) in [4.78, 5) is 0. The van der Waals surface area contributed by atoms with Crippen molar-refractivity contribution in [1.29, 1.82) is 0 Å². The molecule has 4 aliphatic rings. The quantitative estimate of drug-likeness (QED) is 0.714. The van der Waals surface area contributed by atoms with Crippen LogP contribution in [-0.2, 0) is 0 Å². The highest BCUT2D eigenvalue weighted by Crippen LogP contribution is 2.66. The van der Waals surface area contributed by atoms with E-state index in [0.29, 0.717) is 5.41 Å². The largest absolute Gasteiger partial charge is 0.393 e. The van der Waals surface area contributed by atoms with Crippen molar-refractivity contribution in [3.8, 4) is 0 Å². The Morgan fingerprint density at radius 1 is 0.762 bits per heavy atom. The average molecular weight is 292 g/mol. The highest BCUT2D eigenvalue weighted by molar-refractivity contribution is 5.09. The summed E-state index contributed by atoms with van der Waals surface area (Å²) in [6, 6.07) is 0. The van der Waals surface area contributed by atoms with Crippen LogP contribution in [0.15, 0.2) is 0 Å². The van der Waals surface area contributed by atoms with Crippen LogP contribution in [-0.4, -0.2) is 22.4 Å². The molecule has 4 aliphatic carbocycles. The number of aliphatic hydroxyl groups is 2. The minimum Gasteiger partial charge on any atom is -0.393 e. The van der Waals surface area contributed by atoms with E-state index in [1.54, 1.807) is 0 Å². The number of hydrogen-bond acceptors (Lipinski definition) is 2. The maximum atomic E-state index is 10.5. The van der Waals surface area contributed by atoms with Crippen LogP contribution < -0.4 is 0 Å². The summed E-state index contributed by atoms with van der Waals surface area (Å²) in [5.74, 6) is 3.21. The summed E-state index contributed by atoms with van der Waals surface area (Å²) >= 11 is 0. The zero-order valence-corrected chi connectivity index (χ0v) is 13.7. The molecule has 2 heteroatoms. The number of rotatable bonds is 0. The van der Waals surface area contributed by atoms with Crippen molar-refractivity contribution in [2.45, 2.75) is 83.8 Å². The van der Waals surface area contributed by atoms with E-state index < -0.39 is 0 Å². The Morgan fingerprint density at radius 3 is 2.29 bits per heavy atom. The molecule has 0 aromatic rings. The molecule has 120 valence electrons. The molecule has 0 unspecified atom stereocenters. The molecule has 0 bridgehead atoms. The van der Waals surface area contributed by atoms with Gasteiger partial charge in [-0.15, -0.1) is 0 Å². The van der Waals surface area contributed by atoms with Gasteiger partial charge in [-0.1, -0.05) is 13.8 Å². The van der Waals surface area contributed by atoms with E-state index in [0.717, 1.165) is 42.9 Å². The zero-order chi connectivity index (χ0) is 14.8. The fraction of sp³-hybridized carbons (Fsp3) is 1.00. The highest BCUT2D eigenvalue weighted by Gasteiger charge is 2.59. The Balaban J connectivity index is 1.62. The van der Waals surface area contributed by atoms with Crippen LogP contribution in [0.5, 0.6) is 0 Å². The average Bonchev–Trinajstić information content (AvgIpc) is 2.76. The molecule has 0 saturated heterocycles. The monoisotopic (exact) mass is 292 g/mol. The standard InChI is InChI=1S/C19H32O2/c1-18-9-7-13(20)11-12(18)3-4-14-15-5-6-17(21)19(15,2)10-8-16(14)18/h12-17,20-21H,3-11H2,1-2H3/t12-,13-,14-,15+,16-,17-,18+,19+/m0/s1. The zero-order valence-electron chi connectivity index (χ0n) is 13.7. The molecule has 0 aromatic carbocycles. The Labute approximate surface area is 129 Å². The first kappa shape index (κ1) is 14.5. The second-order valence-corrected chi connectivity index (χ2v) is 9.22. The van der Waals surface area contributed by atoms with Crippen LogP contribution in [0, 0.1) is 34.5 Å². The molecule has 0 aromatic heterocycles.